The van der Waals surface area contributed by atoms with Crippen molar-refractivity contribution in [3.8, 4) is 0 Å². The van der Waals surface area contributed by atoms with Gasteiger partial charge in [0, 0.05) is 12.6 Å². The lowest BCUT2D eigenvalue weighted by molar-refractivity contribution is 0.452. The Bertz CT molecular complexity index is 480. The van der Waals surface area contributed by atoms with Gasteiger partial charge in [-0.15, -0.1) is 0 Å². The summed E-state index contributed by atoms with van der Waals surface area (Å²) in [6.45, 7) is 9.06. The molecule has 0 aliphatic carbocycles. The molecule has 2 heterocycles. The third kappa shape index (κ3) is 2.55. The van der Waals surface area contributed by atoms with Crippen molar-refractivity contribution < 1.29 is 0 Å². The predicted molar refractivity (Wildman–Crippen MR) is 77.6 cm³/mol. The van der Waals surface area contributed by atoms with Crippen LogP contribution in [-0.4, -0.2) is 16.3 Å². The highest BCUT2D eigenvalue weighted by atomic mass is 15.4. The number of hydrogen-bond acceptors (Lipinski definition) is 2. The van der Waals surface area contributed by atoms with E-state index in [0.717, 1.165) is 30.9 Å². The van der Waals surface area contributed by atoms with Crippen LogP contribution in [0.5, 0.6) is 0 Å². The molecule has 18 heavy (non-hydrogen) atoms. The minimum atomic E-state index is 0.474. The summed E-state index contributed by atoms with van der Waals surface area (Å²) in [5.41, 5.74) is 2.25. The average molecular weight is 243 g/mol. The average Bonchev–Trinajstić information content (AvgIpc) is 2.80. The molecule has 1 atom stereocenters. The van der Waals surface area contributed by atoms with E-state index in [4.69, 9.17) is 5.10 Å². The van der Waals surface area contributed by atoms with Crippen molar-refractivity contribution in [2.24, 2.45) is 0 Å². The Hall–Kier alpha value is -1.77. The van der Waals surface area contributed by atoms with Crippen molar-refractivity contribution >= 4 is 11.4 Å². The van der Waals surface area contributed by atoms with Gasteiger partial charge < -0.3 is 5.32 Å². The highest BCUT2D eigenvalue weighted by Crippen LogP contribution is 2.27. The molecule has 0 radical (unpaired) electrons. The topological polar surface area (TPSA) is 29.9 Å². The van der Waals surface area contributed by atoms with Crippen molar-refractivity contribution in [3.63, 3.8) is 0 Å². The highest BCUT2D eigenvalue weighted by Gasteiger charge is 2.18. The number of aromatic nitrogens is 2. The Morgan fingerprint density at radius 1 is 1.67 bits per heavy atom. The van der Waals surface area contributed by atoms with Crippen molar-refractivity contribution in [1.29, 1.82) is 0 Å². The fourth-order valence-corrected chi connectivity index (χ4v) is 2.20. The lowest BCUT2D eigenvalue weighted by Gasteiger charge is -2.21. The molecule has 1 aliphatic rings. The molecule has 1 N–H and O–H groups in total. The van der Waals surface area contributed by atoms with E-state index in [1.165, 1.54) is 5.57 Å². The van der Waals surface area contributed by atoms with Gasteiger partial charge in [0.05, 0.1) is 11.7 Å². The van der Waals surface area contributed by atoms with Crippen LogP contribution in [0.3, 0.4) is 0 Å². The van der Waals surface area contributed by atoms with Crippen LogP contribution in [0.4, 0.5) is 5.82 Å². The van der Waals surface area contributed by atoms with Crippen LogP contribution in [-0.2, 0) is 0 Å². The molecule has 3 heteroatoms. The smallest absolute Gasteiger partial charge is 0.125 e. The Labute approximate surface area is 109 Å². The molecule has 2 rings (SSSR count). The first-order valence-corrected chi connectivity index (χ1v) is 6.52. The molecule has 0 spiro atoms. The van der Waals surface area contributed by atoms with Crippen molar-refractivity contribution in [2.75, 3.05) is 11.9 Å². The first kappa shape index (κ1) is 12.7. The minimum Gasteiger partial charge on any atom is -0.370 e. The zero-order chi connectivity index (χ0) is 13.0. The Morgan fingerprint density at radius 3 is 3.17 bits per heavy atom. The van der Waals surface area contributed by atoms with E-state index >= 15 is 0 Å². The van der Waals surface area contributed by atoms with E-state index in [9.17, 15) is 0 Å². The summed E-state index contributed by atoms with van der Waals surface area (Å²) in [5.74, 6) is 1.12. The molecule has 1 unspecified atom stereocenters. The van der Waals surface area contributed by atoms with Crippen LogP contribution >= 0.6 is 0 Å². The molecule has 0 saturated heterocycles. The molecule has 3 nitrogen and oxygen atoms in total. The van der Waals surface area contributed by atoms with Gasteiger partial charge in [-0.25, -0.2) is 4.68 Å². The van der Waals surface area contributed by atoms with Crippen LogP contribution < -0.4 is 5.32 Å². The van der Waals surface area contributed by atoms with Gasteiger partial charge in [-0.1, -0.05) is 30.9 Å². The summed E-state index contributed by atoms with van der Waals surface area (Å²) in [6.07, 6.45) is 10.1. The zero-order valence-corrected chi connectivity index (χ0v) is 11.2. The monoisotopic (exact) mass is 243 g/mol. The number of anilines is 1. The van der Waals surface area contributed by atoms with E-state index in [-0.39, 0.29) is 0 Å². The van der Waals surface area contributed by atoms with Gasteiger partial charge in [-0.2, -0.15) is 5.10 Å². The number of fused-ring (bicyclic) bond motifs is 1. The van der Waals surface area contributed by atoms with Gasteiger partial charge in [0.2, 0.25) is 0 Å². The molecular weight excluding hydrogens is 222 g/mol. The van der Waals surface area contributed by atoms with Gasteiger partial charge in [-0.3, -0.25) is 0 Å². The molecule has 0 amide bonds. The van der Waals surface area contributed by atoms with Gasteiger partial charge in [0.15, 0.2) is 0 Å². The summed E-state index contributed by atoms with van der Waals surface area (Å²) in [6, 6.07) is 2.61. The maximum absolute atomic E-state index is 4.71. The molecule has 1 aromatic heterocycles. The number of allylic oxidation sites excluding steroid dienone is 5. The fraction of sp³-hybridized carbons (Fsp3) is 0.400. The normalized spacial score (nSPS) is 19.7. The standard InChI is InChI=1S/C15H21N3/c1-4-6-8-13(7-5-2)14-11-15-16-10-9-12(3)18(15)17-14/h4-7,11-12,16H,2,8-10H2,1,3H3/b6-4+,13-7+. The van der Waals surface area contributed by atoms with Crippen molar-refractivity contribution in [1.82, 2.24) is 9.78 Å². The van der Waals surface area contributed by atoms with Crippen molar-refractivity contribution in [3.05, 3.63) is 42.6 Å². The van der Waals surface area contributed by atoms with Crippen LogP contribution in [0.25, 0.3) is 5.57 Å². The number of nitrogens with zero attached hydrogens (tertiary/aromatic N) is 2. The van der Waals surface area contributed by atoms with E-state index in [1.54, 1.807) is 0 Å². The summed E-state index contributed by atoms with van der Waals surface area (Å²) >= 11 is 0. The minimum absolute atomic E-state index is 0.474. The molecule has 0 aromatic carbocycles. The summed E-state index contributed by atoms with van der Waals surface area (Å²) in [5, 5.41) is 8.10. The van der Waals surface area contributed by atoms with Crippen LogP contribution in [0.15, 0.2) is 36.9 Å². The van der Waals surface area contributed by atoms with E-state index < -0.39 is 0 Å². The second kappa shape index (κ2) is 5.71. The molecule has 1 aliphatic heterocycles. The van der Waals surface area contributed by atoms with Crippen LogP contribution in [0.2, 0.25) is 0 Å². The second-order valence-corrected chi connectivity index (χ2v) is 4.62. The summed E-state index contributed by atoms with van der Waals surface area (Å²) in [4.78, 5) is 0. The maximum Gasteiger partial charge on any atom is 0.125 e. The first-order chi connectivity index (χ1) is 8.76. The SMILES string of the molecule is C=C/C=C(\C/C=C/C)c1cc2n(n1)C(C)CCN2. The quantitative estimate of drug-likeness (QED) is 0.644. The maximum atomic E-state index is 4.71. The summed E-state index contributed by atoms with van der Waals surface area (Å²) in [7, 11) is 0. The molecule has 96 valence electrons. The summed E-state index contributed by atoms with van der Waals surface area (Å²) < 4.78 is 2.09. The zero-order valence-electron chi connectivity index (χ0n) is 11.2. The van der Waals surface area contributed by atoms with E-state index in [0.29, 0.717) is 6.04 Å². The Kier molecular flexibility index (Phi) is 4.03. The van der Waals surface area contributed by atoms with Gasteiger partial charge >= 0.3 is 0 Å². The van der Waals surface area contributed by atoms with Crippen LogP contribution in [0, 0.1) is 0 Å². The van der Waals surface area contributed by atoms with E-state index in [1.807, 2.05) is 19.1 Å². The number of hydrogen-bond donors (Lipinski definition) is 1. The highest BCUT2D eigenvalue weighted by molar-refractivity contribution is 5.67. The lowest BCUT2D eigenvalue weighted by atomic mass is 10.1. The Balaban J connectivity index is 2.31. The molecular formula is C15H21N3. The molecule has 0 bridgehead atoms. The molecule has 0 saturated carbocycles. The molecule has 0 fully saturated rings. The Morgan fingerprint density at radius 2 is 2.50 bits per heavy atom. The molecule has 1 aromatic rings. The third-order valence-corrected chi connectivity index (χ3v) is 3.24. The van der Waals surface area contributed by atoms with Gasteiger partial charge in [0.1, 0.15) is 5.82 Å². The predicted octanol–water partition coefficient (Wildman–Crippen LogP) is 3.80. The van der Waals surface area contributed by atoms with E-state index in [2.05, 4.69) is 41.7 Å². The van der Waals surface area contributed by atoms with Gasteiger partial charge in [0.25, 0.3) is 0 Å². The lowest BCUT2D eigenvalue weighted by Crippen LogP contribution is -2.21. The fourth-order valence-electron chi connectivity index (χ4n) is 2.20. The second-order valence-electron chi connectivity index (χ2n) is 4.62. The van der Waals surface area contributed by atoms with Crippen LogP contribution in [0.1, 0.15) is 38.4 Å². The first-order valence-electron chi connectivity index (χ1n) is 6.52. The third-order valence-electron chi connectivity index (χ3n) is 3.24. The number of rotatable bonds is 4. The largest absolute Gasteiger partial charge is 0.370 e. The van der Waals surface area contributed by atoms with Gasteiger partial charge in [-0.05, 0) is 32.3 Å². The van der Waals surface area contributed by atoms with Crippen molar-refractivity contribution in [2.45, 2.75) is 32.7 Å². The number of nitrogens with one attached hydrogen (secondary N) is 1.